The van der Waals surface area contributed by atoms with Crippen molar-refractivity contribution in [1.82, 2.24) is 9.62 Å². The van der Waals surface area contributed by atoms with Crippen molar-refractivity contribution in [2.45, 2.75) is 44.2 Å². The van der Waals surface area contributed by atoms with Gasteiger partial charge < -0.3 is 4.90 Å². The van der Waals surface area contributed by atoms with Gasteiger partial charge in [-0.15, -0.1) is 0 Å². The van der Waals surface area contributed by atoms with Crippen molar-refractivity contribution in [2.75, 3.05) is 12.6 Å². The topological polar surface area (TPSA) is 90.3 Å². The monoisotopic (exact) mass is 521 g/mol. The Kier molecular flexibility index (Phi) is 5.87. The molecule has 3 aliphatic rings. The summed E-state index contributed by atoms with van der Waals surface area (Å²) in [4.78, 5) is 14.8. The van der Waals surface area contributed by atoms with Crippen molar-refractivity contribution < 1.29 is 30.8 Å². The number of carbonyl (C=O) groups excluding carboxylic acids is 1. The van der Waals surface area contributed by atoms with Crippen LogP contribution in [0.25, 0.3) is 11.1 Å². The molecule has 3 fully saturated rings. The second-order valence-electron chi connectivity index (χ2n) is 10.0. The number of nitrogens with one attached hydrogen (secondary N) is 1. The van der Waals surface area contributed by atoms with Crippen molar-refractivity contribution >= 4 is 15.9 Å². The molecule has 6 nitrogen and oxygen atoms in total. The normalized spacial score (nSPS) is 23.5. The first-order valence-corrected chi connectivity index (χ1v) is 13.2. The molecule has 1 N–H and O–H groups in total. The molecule has 1 heterocycles. The minimum atomic E-state index is -4.30. The molecule has 2 unspecified atom stereocenters. The van der Waals surface area contributed by atoms with Gasteiger partial charge >= 0.3 is 0 Å². The minimum absolute atomic E-state index is 0.0130. The number of likely N-dealkylation sites (tertiary alicyclic amines) is 1. The molecule has 2 aliphatic carbocycles. The van der Waals surface area contributed by atoms with Crippen LogP contribution in [-0.4, -0.2) is 43.9 Å². The van der Waals surface area contributed by atoms with Crippen LogP contribution in [0.15, 0.2) is 36.4 Å². The summed E-state index contributed by atoms with van der Waals surface area (Å²) in [5.74, 6) is -2.94. The third-order valence-electron chi connectivity index (χ3n) is 7.59. The molecule has 2 saturated carbocycles. The summed E-state index contributed by atoms with van der Waals surface area (Å²) < 4.78 is 83.2. The summed E-state index contributed by atoms with van der Waals surface area (Å²) in [6.07, 6.45) is 1.82. The molecule has 2 aromatic carbocycles. The Morgan fingerprint density at radius 1 is 1.11 bits per heavy atom. The number of benzene rings is 2. The number of nitrogens with zero attached hydrogens (tertiary/aromatic N) is 2. The Morgan fingerprint density at radius 3 is 2.33 bits per heavy atom. The Balaban J connectivity index is 1.54. The Bertz CT molecular complexity index is 1360. The van der Waals surface area contributed by atoms with E-state index < -0.39 is 62.3 Å². The fourth-order valence-corrected chi connectivity index (χ4v) is 6.18. The number of sulfonamides is 1. The highest BCUT2D eigenvalue weighted by Crippen LogP contribution is 2.58. The van der Waals surface area contributed by atoms with E-state index in [0.717, 1.165) is 12.1 Å². The third kappa shape index (κ3) is 4.26. The lowest BCUT2D eigenvalue weighted by Crippen LogP contribution is -2.51. The van der Waals surface area contributed by atoms with Gasteiger partial charge in [0, 0.05) is 29.6 Å². The fraction of sp³-hybridized carbons (Fsp3) is 0.440. The number of rotatable bonds is 7. The maximum atomic E-state index is 15.7. The summed E-state index contributed by atoms with van der Waals surface area (Å²) >= 11 is 0. The average Bonchev–Trinajstić information content (AvgIpc) is 3.75. The first-order valence-electron chi connectivity index (χ1n) is 11.6. The maximum Gasteiger partial charge on any atom is 0.243 e. The van der Waals surface area contributed by atoms with Gasteiger partial charge in [-0.1, -0.05) is 18.2 Å². The van der Waals surface area contributed by atoms with Gasteiger partial charge in [-0.05, 0) is 55.4 Å². The van der Waals surface area contributed by atoms with E-state index in [1.165, 1.54) is 23.1 Å². The van der Waals surface area contributed by atoms with Gasteiger partial charge in [-0.25, -0.2) is 30.7 Å². The largest absolute Gasteiger partial charge is 0.336 e. The lowest BCUT2D eigenvalue weighted by atomic mass is 9.91. The zero-order valence-corrected chi connectivity index (χ0v) is 19.9. The smallest absolute Gasteiger partial charge is 0.243 e. The Morgan fingerprint density at radius 2 is 1.78 bits per heavy atom. The molecule has 11 heteroatoms. The number of halogens is 4. The maximum absolute atomic E-state index is 15.7. The van der Waals surface area contributed by atoms with E-state index in [2.05, 4.69) is 10.8 Å². The van der Waals surface area contributed by atoms with E-state index in [1.807, 2.05) is 0 Å². The predicted molar refractivity (Wildman–Crippen MR) is 122 cm³/mol. The van der Waals surface area contributed by atoms with Gasteiger partial charge in [-0.2, -0.15) is 5.26 Å². The molecule has 5 rings (SSSR count). The lowest BCUT2D eigenvalue weighted by molar-refractivity contribution is -0.136. The van der Waals surface area contributed by atoms with Crippen molar-refractivity contribution in [3.63, 3.8) is 0 Å². The van der Waals surface area contributed by atoms with Crippen LogP contribution in [0.1, 0.15) is 31.2 Å². The van der Waals surface area contributed by atoms with Gasteiger partial charge in [0.1, 0.15) is 22.9 Å². The van der Waals surface area contributed by atoms with Crippen LogP contribution in [0.3, 0.4) is 0 Å². The molecule has 2 aromatic rings. The van der Waals surface area contributed by atoms with Crippen LogP contribution >= 0.6 is 0 Å². The highest BCUT2D eigenvalue weighted by Gasteiger charge is 2.64. The van der Waals surface area contributed by atoms with E-state index in [1.54, 1.807) is 0 Å². The summed E-state index contributed by atoms with van der Waals surface area (Å²) in [5.41, 5.74) is -1.76. The molecule has 0 radical (unpaired) electrons. The van der Waals surface area contributed by atoms with E-state index in [9.17, 15) is 31.6 Å². The lowest BCUT2D eigenvalue weighted by Gasteiger charge is -2.30. The van der Waals surface area contributed by atoms with Crippen LogP contribution in [0.4, 0.5) is 17.6 Å². The zero-order valence-electron chi connectivity index (χ0n) is 19.1. The van der Waals surface area contributed by atoms with E-state index in [4.69, 9.17) is 0 Å². The standard InChI is InChI=1S/C25H23F4N3O3S/c26-14-36(34,35)31-22-20(32(13-25(22)6-7-25)23(33)24(12-30)4-5-24)10-15-2-1-3-19(21(15)29)16-8-17(27)11-18(28)9-16/h1-3,8-9,11,20,22,31H,4-7,10,13-14H2. The van der Waals surface area contributed by atoms with Gasteiger partial charge in [0.25, 0.3) is 0 Å². The molecule has 1 saturated heterocycles. The van der Waals surface area contributed by atoms with Gasteiger partial charge in [0.15, 0.2) is 0 Å². The molecule has 36 heavy (non-hydrogen) atoms. The second kappa shape index (κ2) is 8.56. The summed E-state index contributed by atoms with van der Waals surface area (Å²) in [6.45, 7) is 0.176. The minimum Gasteiger partial charge on any atom is -0.336 e. The Hall–Kier alpha value is -2.97. The van der Waals surface area contributed by atoms with Crippen molar-refractivity contribution in [3.05, 3.63) is 59.4 Å². The number of carbonyl (C=O) groups is 1. The van der Waals surface area contributed by atoms with Gasteiger partial charge in [0.2, 0.25) is 21.9 Å². The molecule has 0 aromatic heterocycles. The molecular weight excluding hydrogens is 498 g/mol. The van der Waals surface area contributed by atoms with Crippen molar-refractivity contribution in [2.24, 2.45) is 10.8 Å². The van der Waals surface area contributed by atoms with E-state index in [0.29, 0.717) is 31.7 Å². The number of amides is 1. The van der Waals surface area contributed by atoms with E-state index >= 15 is 4.39 Å². The predicted octanol–water partition coefficient (Wildman–Crippen LogP) is 3.82. The van der Waals surface area contributed by atoms with Gasteiger partial charge in [0.05, 0.1) is 12.1 Å². The van der Waals surface area contributed by atoms with Crippen molar-refractivity contribution in [3.8, 4) is 17.2 Å². The average molecular weight is 522 g/mol. The van der Waals surface area contributed by atoms with E-state index in [-0.39, 0.29) is 29.7 Å². The third-order valence-corrected chi connectivity index (χ3v) is 8.49. The number of alkyl halides is 1. The van der Waals surface area contributed by atoms with Crippen LogP contribution in [0, 0.1) is 39.6 Å². The molecule has 1 amide bonds. The van der Waals surface area contributed by atoms with Crippen LogP contribution in [0.2, 0.25) is 0 Å². The summed E-state index contributed by atoms with van der Waals surface area (Å²) in [5, 5.41) is 9.57. The number of hydrogen-bond donors (Lipinski definition) is 1. The summed E-state index contributed by atoms with van der Waals surface area (Å²) in [7, 11) is -4.30. The SMILES string of the molecule is N#CC1(C(=O)N2CC3(CC3)C(NS(=O)(=O)CF)C2Cc2cccc(-c3cc(F)cc(F)c3)c2F)CC1. The first-order chi connectivity index (χ1) is 17.0. The van der Waals surface area contributed by atoms with Crippen LogP contribution in [-0.2, 0) is 21.2 Å². The van der Waals surface area contributed by atoms with Gasteiger partial charge in [-0.3, -0.25) is 4.79 Å². The highest BCUT2D eigenvalue weighted by molar-refractivity contribution is 7.89. The number of hydrogen-bond acceptors (Lipinski definition) is 4. The fourth-order valence-electron chi connectivity index (χ4n) is 5.32. The van der Waals surface area contributed by atoms with Crippen LogP contribution in [0.5, 0.6) is 0 Å². The van der Waals surface area contributed by atoms with Crippen LogP contribution < -0.4 is 4.72 Å². The molecule has 1 spiro atoms. The second-order valence-corrected chi connectivity index (χ2v) is 11.7. The molecule has 2 atom stereocenters. The number of nitriles is 1. The Labute approximate surface area is 206 Å². The molecule has 190 valence electrons. The van der Waals surface area contributed by atoms with Crippen molar-refractivity contribution in [1.29, 1.82) is 5.26 Å². The summed E-state index contributed by atoms with van der Waals surface area (Å²) in [6, 6.07) is 5.66. The molecule has 1 aliphatic heterocycles. The zero-order chi connectivity index (χ0) is 25.9. The molecule has 0 bridgehead atoms. The quantitative estimate of drug-likeness (QED) is 0.561. The first kappa shape index (κ1) is 24.7. The highest BCUT2D eigenvalue weighted by atomic mass is 32.2. The molecular formula is C25H23F4N3O3S.